The Balaban J connectivity index is 2.44. The van der Waals surface area contributed by atoms with Crippen LogP contribution in [0, 0.1) is 5.82 Å². The highest BCUT2D eigenvalue weighted by molar-refractivity contribution is 7.92. The van der Waals surface area contributed by atoms with E-state index >= 15 is 0 Å². The van der Waals surface area contributed by atoms with E-state index in [4.69, 9.17) is 0 Å². The van der Waals surface area contributed by atoms with Crippen LogP contribution in [0.15, 0.2) is 48.5 Å². The van der Waals surface area contributed by atoms with E-state index in [1.807, 2.05) is 0 Å². The van der Waals surface area contributed by atoms with Crippen LogP contribution in [0.5, 0.6) is 0 Å². The zero-order valence-electron chi connectivity index (χ0n) is 15.7. The molecule has 0 radical (unpaired) electrons. The number of esters is 1. The van der Waals surface area contributed by atoms with Crippen molar-refractivity contribution in [3.05, 3.63) is 59.9 Å². The molecule has 2 aromatic rings. The highest BCUT2D eigenvalue weighted by atomic mass is 32.2. The fourth-order valence-corrected chi connectivity index (χ4v) is 3.97. The number of methoxy groups -OCH3 is 1. The molecular formula is C19H21FN2O5S. The molecule has 0 saturated carbocycles. The molecule has 0 aliphatic carbocycles. The highest BCUT2D eigenvalue weighted by Gasteiger charge is 2.33. The van der Waals surface area contributed by atoms with E-state index in [1.54, 1.807) is 19.1 Å². The van der Waals surface area contributed by atoms with Gasteiger partial charge in [0.05, 0.1) is 30.3 Å². The van der Waals surface area contributed by atoms with Gasteiger partial charge in [0.1, 0.15) is 11.9 Å². The maximum Gasteiger partial charge on any atom is 0.339 e. The summed E-state index contributed by atoms with van der Waals surface area (Å²) in [7, 11) is -2.77. The third kappa shape index (κ3) is 4.66. The van der Waals surface area contributed by atoms with E-state index in [-0.39, 0.29) is 23.4 Å². The standard InChI is InChI=1S/C19H21FN2O5S/c1-4-16(22(28(3,25)26)17-12-8-6-10-14(17)20)18(23)21-15-11-7-5-9-13(15)19(24)27-2/h5-12,16H,4H2,1-3H3,(H,21,23)/t16-/m1/s1. The van der Waals surface area contributed by atoms with Crippen molar-refractivity contribution in [2.45, 2.75) is 19.4 Å². The lowest BCUT2D eigenvalue weighted by atomic mass is 10.1. The first-order chi connectivity index (χ1) is 13.2. The van der Waals surface area contributed by atoms with Gasteiger partial charge in [0, 0.05) is 0 Å². The van der Waals surface area contributed by atoms with Crippen LogP contribution < -0.4 is 9.62 Å². The summed E-state index contributed by atoms with van der Waals surface area (Å²) >= 11 is 0. The summed E-state index contributed by atoms with van der Waals surface area (Å²) in [5, 5.41) is 2.55. The number of benzene rings is 2. The topological polar surface area (TPSA) is 92.8 Å². The Morgan fingerprint density at radius 1 is 1.14 bits per heavy atom. The summed E-state index contributed by atoms with van der Waals surface area (Å²) in [6, 6.07) is 10.2. The monoisotopic (exact) mass is 408 g/mol. The molecule has 0 heterocycles. The predicted molar refractivity (Wildman–Crippen MR) is 104 cm³/mol. The first-order valence-electron chi connectivity index (χ1n) is 8.42. The van der Waals surface area contributed by atoms with Gasteiger partial charge in [0.25, 0.3) is 0 Å². The summed E-state index contributed by atoms with van der Waals surface area (Å²) in [5.41, 5.74) is 0.0537. The zero-order valence-corrected chi connectivity index (χ0v) is 16.5. The van der Waals surface area contributed by atoms with E-state index in [0.29, 0.717) is 0 Å². The van der Waals surface area contributed by atoms with Gasteiger partial charge in [0.15, 0.2) is 0 Å². The van der Waals surface area contributed by atoms with Crippen LogP contribution in [0.25, 0.3) is 0 Å². The number of rotatable bonds is 7. The first kappa shape index (κ1) is 21.4. The lowest BCUT2D eigenvalue weighted by molar-refractivity contribution is -0.117. The quantitative estimate of drug-likeness (QED) is 0.711. The van der Waals surface area contributed by atoms with Crippen molar-refractivity contribution < 1.29 is 27.1 Å². The second-order valence-corrected chi connectivity index (χ2v) is 7.82. The van der Waals surface area contributed by atoms with Gasteiger partial charge in [-0.3, -0.25) is 9.10 Å². The third-order valence-corrected chi connectivity index (χ3v) is 5.18. The number of hydrogen-bond acceptors (Lipinski definition) is 5. The molecule has 1 N–H and O–H groups in total. The van der Waals surface area contributed by atoms with Crippen LogP contribution >= 0.6 is 0 Å². The van der Waals surface area contributed by atoms with Crippen molar-refractivity contribution >= 4 is 33.3 Å². The van der Waals surface area contributed by atoms with Gasteiger partial charge in [-0.15, -0.1) is 0 Å². The lowest BCUT2D eigenvalue weighted by Gasteiger charge is -2.30. The normalized spacial score (nSPS) is 12.1. The first-order valence-corrected chi connectivity index (χ1v) is 10.3. The number of nitrogens with zero attached hydrogens (tertiary/aromatic N) is 1. The number of amides is 1. The van der Waals surface area contributed by atoms with Gasteiger partial charge in [-0.25, -0.2) is 17.6 Å². The maximum atomic E-state index is 14.3. The maximum absolute atomic E-state index is 14.3. The SMILES string of the molecule is CC[C@H](C(=O)Nc1ccccc1C(=O)OC)N(c1ccccc1F)S(C)(=O)=O. The molecule has 150 valence electrons. The molecule has 0 unspecified atom stereocenters. The Hall–Kier alpha value is -2.94. The molecule has 0 bridgehead atoms. The number of nitrogens with one attached hydrogen (secondary N) is 1. The zero-order chi connectivity index (χ0) is 20.9. The minimum Gasteiger partial charge on any atom is -0.465 e. The van der Waals surface area contributed by atoms with E-state index < -0.39 is 33.8 Å². The second kappa shape index (κ2) is 8.83. The number of carbonyl (C=O) groups is 2. The van der Waals surface area contributed by atoms with E-state index in [2.05, 4.69) is 10.1 Å². The summed E-state index contributed by atoms with van der Waals surface area (Å²) in [5.74, 6) is -2.13. The van der Waals surface area contributed by atoms with Crippen LogP contribution in [0.2, 0.25) is 0 Å². The van der Waals surface area contributed by atoms with Gasteiger partial charge in [-0.2, -0.15) is 0 Å². The van der Waals surface area contributed by atoms with Crippen molar-refractivity contribution in [2.75, 3.05) is 23.0 Å². The largest absolute Gasteiger partial charge is 0.465 e. The second-order valence-electron chi connectivity index (χ2n) is 5.96. The van der Waals surface area contributed by atoms with Crippen LogP contribution in [0.1, 0.15) is 23.7 Å². The number of carbonyl (C=O) groups excluding carboxylic acids is 2. The molecule has 9 heteroatoms. The van der Waals surface area contributed by atoms with Gasteiger partial charge < -0.3 is 10.1 Å². The minimum atomic E-state index is -3.98. The highest BCUT2D eigenvalue weighted by Crippen LogP contribution is 2.26. The average Bonchev–Trinajstić information content (AvgIpc) is 2.65. The Morgan fingerprint density at radius 2 is 1.75 bits per heavy atom. The van der Waals surface area contributed by atoms with E-state index in [0.717, 1.165) is 16.6 Å². The molecule has 0 aliphatic heterocycles. The molecule has 1 amide bonds. The van der Waals surface area contributed by atoms with Gasteiger partial charge in [-0.1, -0.05) is 31.2 Å². The van der Waals surface area contributed by atoms with Crippen molar-refractivity contribution in [1.82, 2.24) is 0 Å². The molecule has 1 atom stereocenters. The third-order valence-electron chi connectivity index (χ3n) is 4.01. The molecule has 0 spiro atoms. The fraction of sp³-hybridized carbons (Fsp3) is 0.263. The molecule has 0 aromatic heterocycles. The van der Waals surface area contributed by atoms with E-state index in [1.165, 1.54) is 37.4 Å². The Bertz CT molecular complexity index is 978. The number of halogens is 1. The molecule has 7 nitrogen and oxygen atoms in total. The summed E-state index contributed by atoms with van der Waals surface area (Å²) in [6.45, 7) is 1.61. The minimum absolute atomic E-state index is 0.0770. The number of sulfonamides is 1. The van der Waals surface area contributed by atoms with Crippen molar-refractivity contribution in [3.63, 3.8) is 0 Å². The number of ether oxygens (including phenoxy) is 1. The summed E-state index contributed by atoms with van der Waals surface area (Å²) < 4.78 is 44.4. The smallest absolute Gasteiger partial charge is 0.339 e. The molecule has 2 rings (SSSR count). The molecule has 0 saturated heterocycles. The average molecular weight is 408 g/mol. The molecule has 28 heavy (non-hydrogen) atoms. The van der Waals surface area contributed by atoms with Crippen LogP contribution in [0.4, 0.5) is 15.8 Å². The molecular weight excluding hydrogens is 387 g/mol. The molecule has 0 fully saturated rings. The van der Waals surface area contributed by atoms with Gasteiger partial charge >= 0.3 is 5.97 Å². The van der Waals surface area contributed by atoms with Gasteiger partial charge in [0.2, 0.25) is 15.9 Å². The Labute approximate surface area is 163 Å². The number of para-hydroxylation sites is 2. The predicted octanol–water partition coefficient (Wildman–Crippen LogP) is 2.80. The van der Waals surface area contributed by atoms with Crippen LogP contribution in [-0.2, 0) is 19.6 Å². The number of anilines is 2. The number of hydrogen-bond donors (Lipinski definition) is 1. The Kier molecular flexibility index (Phi) is 6.74. The summed E-state index contributed by atoms with van der Waals surface area (Å²) in [6.07, 6.45) is 0.978. The summed E-state index contributed by atoms with van der Waals surface area (Å²) in [4.78, 5) is 24.8. The lowest BCUT2D eigenvalue weighted by Crippen LogP contribution is -2.47. The molecule has 2 aromatic carbocycles. The van der Waals surface area contributed by atoms with Crippen molar-refractivity contribution in [2.24, 2.45) is 0 Å². The van der Waals surface area contributed by atoms with Crippen molar-refractivity contribution in [3.8, 4) is 0 Å². The molecule has 0 aliphatic rings. The van der Waals surface area contributed by atoms with Gasteiger partial charge in [-0.05, 0) is 30.7 Å². The van der Waals surface area contributed by atoms with Crippen LogP contribution in [-0.4, -0.2) is 39.7 Å². The Morgan fingerprint density at radius 3 is 2.32 bits per heavy atom. The van der Waals surface area contributed by atoms with E-state index in [9.17, 15) is 22.4 Å². The van der Waals surface area contributed by atoms with Crippen molar-refractivity contribution in [1.29, 1.82) is 0 Å². The van der Waals surface area contributed by atoms with Crippen LogP contribution in [0.3, 0.4) is 0 Å². The fourth-order valence-electron chi connectivity index (χ4n) is 2.76.